The van der Waals surface area contributed by atoms with Crippen LogP contribution in [-0.4, -0.2) is 7.05 Å². The Morgan fingerprint density at radius 3 is 2.47 bits per heavy atom. The molecule has 1 aromatic carbocycles. The van der Waals surface area contributed by atoms with Gasteiger partial charge in [-0.1, -0.05) is 29.8 Å². The molecule has 0 spiro atoms. The number of hydrogen-bond donors (Lipinski definition) is 1. The van der Waals surface area contributed by atoms with E-state index in [0.29, 0.717) is 0 Å². The second kappa shape index (κ2) is 4.32. The maximum atomic E-state index is 5.69. The lowest BCUT2D eigenvalue weighted by atomic mass is 10.1. The summed E-state index contributed by atoms with van der Waals surface area (Å²) in [6, 6.07) is 12.4. The van der Waals surface area contributed by atoms with Gasteiger partial charge in [0, 0.05) is 5.56 Å². The van der Waals surface area contributed by atoms with Crippen LogP contribution in [0.15, 0.2) is 40.8 Å². The molecule has 0 aliphatic carbocycles. The molecule has 0 aliphatic rings. The predicted molar refractivity (Wildman–Crippen MR) is 61.6 cm³/mol. The molecule has 0 fully saturated rings. The zero-order chi connectivity index (χ0) is 10.7. The Morgan fingerprint density at radius 1 is 1.07 bits per heavy atom. The van der Waals surface area contributed by atoms with E-state index in [1.807, 2.05) is 19.2 Å². The first-order chi connectivity index (χ1) is 7.29. The molecule has 2 heteroatoms. The zero-order valence-electron chi connectivity index (χ0n) is 9.08. The van der Waals surface area contributed by atoms with Gasteiger partial charge in [-0.15, -0.1) is 0 Å². The van der Waals surface area contributed by atoms with Crippen molar-refractivity contribution in [1.82, 2.24) is 5.32 Å². The summed E-state index contributed by atoms with van der Waals surface area (Å²) in [5.74, 6) is 1.90. The fourth-order valence-electron chi connectivity index (χ4n) is 1.52. The third kappa shape index (κ3) is 2.28. The van der Waals surface area contributed by atoms with Crippen molar-refractivity contribution in [2.45, 2.75) is 13.5 Å². The smallest absolute Gasteiger partial charge is 0.134 e. The van der Waals surface area contributed by atoms with Gasteiger partial charge in [-0.3, -0.25) is 0 Å². The van der Waals surface area contributed by atoms with Crippen molar-refractivity contribution >= 4 is 0 Å². The van der Waals surface area contributed by atoms with Gasteiger partial charge in [-0.2, -0.15) is 0 Å². The minimum atomic E-state index is 0.770. The van der Waals surface area contributed by atoms with E-state index >= 15 is 0 Å². The normalized spacial score (nSPS) is 10.5. The highest BCUT2D eigenvalue weighted by atomic mass is 16.3. The van der Waals surface area contributed by atoms with E-state index < -0.39 is 0 Å². The molecule has 0 unspecified atom stereocenters. The summed E-state index contributed by atoms with van der Waals surface area (Å²) in [5.41, 5.74) is 2.39. The van der Waals surface area contributed by atoms with Gasteiger partial charge in [-0.05, 0) is 26.1 Å². The zero-order valence-corrected chi connectivity index (χ0v) is 9.08. The molecule has 0 saturated carbocycles. The van der Waals surface area contributed by atoms with Crippen LogP contribution in [0.4, 0.5) is 0 Å². The maximum absolute atomic E-state index is 5.69. The molecule has 0 radical (unpaired) electrons. The second-order valence-electron chi connectivity index (χ2n) is 3.66. The molecule has 2 nitrogen and oxygen atoms in total. The number of benzene rings is 1. The van der Waals surface area contributed by atoms with Crippen molar-refractivity contribution in [2.75, 3.05) is 7.05 Å². The number of furan rings is 1. The molecule has 0 atom stereocenters. The summed E-state index contributed by atoms with van der Waals surface area (Å²) in [7, 11) is 1.91. The largest absolute Gasteiger partial charge is 0.460 e. The van der Waals surface area contributed by atoms with Gasteiger partial charge < -0.3 is 9.73 Å². The second-order valence-corrected chi connectivity index (χ2v) is 3.66. The van der Waals surface area contributed by atoms with Crippen LogP contribution in [0.3, 0.4) is 0 Å². The minimum Gasteiger partial charge on any atom is -0.460 e. The average Bonchev–Trinajstić information content (AvgIpc) is 2.68. The Balaban J connectivity index is 2.25. The van der Waals surface area contributed by atoms with Crippen LogP contribution in [0.25, 0.3) is 11.3 Å². The number of rotatable bonds is 3. The van der Waals surface area contributed by atoms with Crippen molar-refractivity contribution < 1.29 is 4.42 Å². The Labute approximate surface area is 89.9 Å². The molecule has 78 valence electrons. The van der Waals surface area contributed by atoms with E-state index in [4.69, 9.17) is 4.42 Å². The summed E-state index contributed by atoms with van der Waals surface area (Å²) in [6.07, 6.45) is 0. The summed E-state index contributed by atoms with van der Waals surface area (Å²) < 4.78 is 5.69. The molecule has 1 heterocycles. The number of aryl methyl sites for hydroxylation is 1. The predicted octanol–water partition coefficient (Wildman–Crippen LogP) is 2.97. The van der Waals surface area contributed by atoms with Crippen LogP contribution >= 0.6 is 0 Å². The molecule has 2 rings (SSSR count). The molecule has 1 aromatic heterocycles. The van der Waals surface area contributed by atoms with Crippen molar-refractivity contribution in [1.29, 1.82) is 0 Å². The minimum absolute atomic E-state index is 0.770. The van der Waals surface area contributed by atoms with E-state index in [-0.39, 0.29) is 0 Å². The molecular formula is C13H15NO. The van der Waals surface area contributed by atoms with Crippen molar-refractivity contribution in [2.24, 2.45) is 0 Å². The van der Waals surface area contributed by atoms with E-state index in [9.17, 15) is 0 Å². The first-order valence-corrected chi connectivity index (χ1v) is 5.10. The number of nitrogens with one attached hydrogen (secondary N) is 1. The van der Waals surface area contributed by atoms with E-state index in [0.717, 1.165) is 23.6 Å². The standard InChI is InChI=1S/C13H15NO/c1-10-3-5-11(6-4-10)13-8-7-12(15-13)9-14-2/h3-8,14H,9H2,1-2H3. The number of hydrogen-bond acceptors (Lipinski definition) is 2. The fraction of sp³-hybridized carbons (Fsp3) is 0.231. The lowest BCUT2D eigenvalue weighted by Crippen LogP contribution is -2.03. The Kier molecular flexibility index (Phi) is 2.88. The van der Waals surface area contributed by atoms with Crippen LogP contribution in [0.5, 0.6) is 0 Å². The lowest BCUT2D eigenvalue weighted by Gasteiger charge is -1.98. The van der Waals surface area contributed by atoms with Crippen LogP contribution in [0, 0.1) is 6.92 Å². The van der Waals surface area contributed by atoms with Crippen LogP contribution < -0.4 is 5.32 Å². The fourth-order valence-corrected chi connectivity index (χ4v) is 1.52. The van der Waals surface area contributed by atoms with Gasteiger partial charge in [0.05, 0.1) is 6.54 Å². The molecular weight excluding hydrogens is 186 g/mol. The van der Waals surface area contributed by atoms with E-state index in [1.54, 1.807) is 0 Å². The van der Waals surface area contributed by atoms with Crippen LogP contribution in [-0.2, 0) is 6.54 Å². The van der Waals surface area contributed by atoms with Crippen LogP contribution in [0.2, 0.25) is 0 Å². The Hall–Kier alpha value is -1.54. The summed E-state index contributed by atoms with van der Waals surface area (Å²) in [5, 5.41) is 3.06. The summed E-state index contributed by atoms with van der Waals surface area (Å²) in [6.45, 7) is 2.85. The van der Waals surface area contributed by atoms with Gasteiger partial charge >= 0.3 is 0 Å². The SMILES string of the molecule is CNCc1ccc(-c2ccc(C)cc2)o1. The summed E-state index contributed by atoms with van der Waals surface area (Å²) >= 11 is 0. The monoisotopic (exact) mass is 201 g/mol. The van der Waals surface area contributed by atoms with Crippen molar-refractivity contribution in [3.8, 4) is 11.3 Å². The Bertz CT molecular complexity index is 428. The quantitative estimate of drug-likeness (QED) is 0.825. The van der Waals surface area contributed by atoms with Crippen LogP contribution in [0.1, 0.15) is 11.3 Å². The molecule has 2 aromatic rings. The highest BCUT2D eigenvalue weighted by molar-refractivity contribution is 5.57. The van der Waals surface area contributed by atoms with Crippen molar-refractivity contribution in [3.63, 3.8) is 0 Å². The first kappa shape index (κ1) is 9.99. The maximum Gasteiger partial charge on any atom is 0.134 e. The molecule has 1 N–H and O–H groups in total. The highest BCUT2D eigenvalue weighted by Gasteiger charge is 2.03. The van der Waals surface area contributed by atoms with Gasteiger partial charge in [0.2, 0.25) is 0 Å². The molecule has 15 heavy (non-hydrogen) atoms. The van der Waals surface area contributed by atoms with Gasteiger partial charge in [0.25, 0.3) is 0 Å². The molecule has 0 amide bonds. The molecule has 0 aliphatic heterocycles. The van der Waals surface area contributed by atoms with E-state index in [1.165, 1.54) is 5.56 Å². The van der Waals surface area contributed by atoms with Gasteiger partial charge in [0.1, 0.15) is 11.5 Å². The van der Waals surface area contributed by atoms with Gasteiger partial charge in [0.15, 0.2) is 0 Å². The van der Waals surface area contributed by atoms with Gasteiger partial charge in [-0.25, -0.2) is 0 Å². The molecule has 0 saturated heterocycles. The highest BCUT2D eigenvalue weighted by Crippen LogP contribution is 2.22. The third-order valence-electron chi connectivity index (χ3n) is 2.35. The van der Waals surface area contributed by atoms with Crippen molar-refractivity contribution in [3.05, 3.63) is 47.7 Å². The lowest BCUT2D eigenvalue weighted by molar-refractivity contribution is 0.507. The summed E-state index contributed by atoms with van der Waals surface area (Å²) in [4.78, 5) is 0. The average molecular weight is 201 g/mol. The Morgan fingerprint density at radius 2 is 1.80 bits per heavy atom. The first-order valence-electron chi connectivity index (χ1n) is 5.10. The topological polar surface area (TPSA) is 25.2 Å². The molecule has 0 bridgehead atoms. The van der Waals surface area contributed by atoms with E-state index in [2.05, 4.69) is 36.5 Å². The third-order valence-corrected chi connectivity index (χ3v) is 2.35.